The van der Waals surface area contributed by atoms with E-state index in [4.69, 9.17) is 4.74 Å². The maximum absolute atomic E-state index is 5.80. The normalized spacial score (nSPS) is 10.6. The summed E-state index contributed by atoms with van der Waals surface area (Å²) in [7, 11) is 0. The lowest BCUT2D eigenvalue weighted by Gasteiger charge is -2.11. The maximum Gasteiger partial charge on any atom is 0.224 e. The molecule has 0 atom stereocenters. The van der Waals surface area contributed by atoms with E-state index in [2.05, 4.69) is 36.1 Å². The molecule has 0 fully saturated rings. The molecule has 1 heterocycles. The van der Waals surface area contributed by atoms with E-state index in [1.54, 1.807) is 0 Å². The molecular formula is C16H21N3O. The summed E-state index contributed by atoms with van der Waals surface area (Å²) in [5.41, 5.74) is 0. The van der Waals surface area contributed by atoms with E-state index in [0.717, 1.165) is 30.4 Å². The number of nitrogens with one attached hydrogen (secondary N) is 1. The molecule has 20 heavy (non-hydrogen) atoms. The van der Waals surface area contributed by atoms with Crippen LogP contribution in [0.2, 0.25) is 0 Å². The largest absolute Gasteiger partial charge is 0.439 e. The number of ether oxygens (including phenoxy) is 1. The SMILES string of the molecule is CCCNc1cc(Oc2ccccc2)nc(C(C)C)n1. The van der Waals surface area contributed by atoms with E-state index in [-0.39, 0.29) is 5.92 Å². The van der Waals surface area contributed by atoms with Crippen molar-refractivity contribution in [1.82, 2.24) is 9.97 Å². The lowest BCUT2D eigenvalue weighted by Crippen LogP contribution is -2.07. The van der Waals surface area contributed by atoms with Crippen LogP contribution in [-0.4, -0.2) is 16.5 Å². The molecule has 0 spiro atoms. The smallest absolute Gasteiger partial charge is 0.224 e. The molecule has 106 valence electrons. The third-order valence-corrected chi connectivity index (χ3v) is 2.76. The fraction of sp³-hybridized carbons (Fsp3) is 0.375. The molecule has 0 radical (unpaired) electrons. The van der Waals surface area contributed by atoms with Crippen LogP contribution in [-0.2, 0) is 0 Å². The Hall–Kier alpha value is -2.10. The van der Waals surface area contributed by atoms with Gasteiger partial charge in [0, 0.05) is 18.5 Å². The van der Waals surface area contributed by atoms with Crippen LogP contribution in [0, 0.1) is 0 Å². The van der Waals surface area contributed by atoms with Gasteiger partial charge >= 0.3 is 0 Å². The van der Waals surface area contributed by atoms with E-state index in [1.165, 1.54) is 0 Å². The first-order chi connectivity index (χ1) is 9.69. The topological polar surface area (TPSA) is 47.0 Å². The Morgan fingerprint density at radius 2 is 1.90 bits per heavy atom. The van der Waals surface area contributed by atoms with Crippen molar-refractivity contribution < 1.29 is 4.74 Å². The number of benzene rings is 1. The second-order valence-corrected chi connectivity index (χ2v) is 4.95. The molecule has 2 rings (SSSR count). The summed E-state index contributed by atoms with van der Waals surface area (Å²) in [6.45, 7) is 7.16. The summed E-state index contributed by atoms with van der Waals surface area (Å²) < 4.78 is 5.80. The van der Waals surface area contributed by atoms with Crippen LogP contribution < -0.4 is 10.1 Å². The van der Waals surface area contributed by atoms with Crippen LogP contribution in [0.15, 0.2) is 36.4 Å². The van der Waals surface area contributed by atoms with E-state index >= 15 is 0 Å². The summed E-state index contributed by atoms with van der Waals surface area (Å²) in [5.74, 6) is 3.22. The second kappa shape index (κ2) is 6.89. The van der Waals surface area contributed by atoms with Crippen LogP contribution in [0.5, 0.6) is 11.6 Å². The van der Waals surface area contributed by atoms with Crippen LogP contribution in [0.25, 0.3) is 0 Å². The van der Waals surface area contributed by atoms with Crippen LogP contribution >= 0.6 is 0 Å². The van der Waals surface area contributed by atoms with E-state index in [0.29, 0.717) is 5.88 Å². The Morgan fingerprint density at radius 3 is 2.55 bits per heavy atom. The van der Waals surface area contributed by atoms with Crippen molar-refractivity contribution in [2.24, 2.45) is 0 Å². The highest BCUT2D eigenvalue weighted by molar-refractivity contribution is 5.40. The van der Waals surface area contributed by atoms with Crippen molar-refractivity contribution >= 4 is 5.82 Å². The number of hydrogen-bond donors (Lipinski definition) is 1. The third-order valence-electron chi connectivity index (χ3n) is 2.76. The van der Waals surface area contributed by atoms with Crippen LogP contribution in [0.4, 0.5) is 5.82 Å². The van der Waals surface area contributed by atoms with Gasteiger partial charge < -0.3 is 10.1 Å². The maximum atomic E-state index is 5.80. The number of nitrogens with zero attached hydrogens (tertiary/aromatic N) is 2. The van der Waals surface area contributed by atoms with Crippen molar-refractivity contribution in [3.05, 3.63) is 42.2 Å². The van der Waals surface area contributed by atoms with Crippen molar-refractivity contribution in [2.45, 2.75) is 33.1 Å². The number of rotatable bonds is 6. The lowest BCUT2D eigenvalue weighted by molar-refractivity contribution is 0.457. The molecular weight excluding hydrogens is 250 g/mol. The highest BCUT2D eigenvalue weighted by Gasteiger charge is 2.09. The fourth-order valence-electron chi connectivity index (χ4n) is 1.71. The predicted molar refractivity (Wildman–Crippen MR) is 81.4 cm³/mol. The minimum atomic E-state index is 0.261. The summed E-state index contributed by atoms with van der Waals surface area (Å²) in [6, 6.07) is 11.5. The molecule has 1 N–H and O–H groups in total. The highest BCUT2D eigenvalue weighted by atomic mass is 16.5. The summed E-state index contributed by atoms with van der Waals surface area (Å²) in [6.07, 6.45) is 1.05. The quantitative estimate of drug-likeness (QED) is 0.854. The Labute approximate surface area is 120 Å². The van der Waals surface area contributed by atoms with E-state index < -0.39 is 0 Å². The van der Waals surface area contributed by atoms with Crippen molar-refractivity contribution in [1.29, 1.82) is 0 Å². The number of aromatic nitrogens is 2. The molecule has 0 saturated carbocycles. The van der Waals surface area contributed by atoms with E-state index in [9.17, 15) is 0 Å². The standard InChI is InChI=1S/C16H21N3O/c1-4-10-17-14-11-15(19-16(18-14)12(2)3)20-13-8-6-5-7-9-13/h5-9,11-12H,4,10H2,1-3H3,(H,17,18,19). The Kier molecular flexibility index (Phi) is 4.93. The van der Waals surface area contributed by atoms with Crippen molar-refractivity contribution in [2.75, 3.05) is 11.9 Å². The molecule has 0 bridgehead atoms. The molecule has 2 aromatic rings. The van der Waals surface area contributed by atoms with Gasteiger partial charge in [-0.05, 0) is 18.6 Å². The Morgan fingerprint density at radius 1 is 1.15 bits per heavy atom. The number of para-hydroxylation sites is 1. The molecule has 0 amide bonds. The van der Waals surface area contributed by atoms with Crippen molar-refractivity contribution in [3.8, 4) is 11.6 Å². The zero-order valence-corrected chi connectivity index (χ0v) is 12.3. The molecule has 4 heteroatoms. The number of hydrogen-bond acceptors (Lipinski definition) is 4. The Bertz CT molecular complexity index is 541. The monoisotopic (exact) mass is 271 g/mol. The minimum absolute atomic E-state index is 0.261. The van der Waals surface area contributed by atoms with E-state index in [1.807, 2.05) is 36.4 Å². The molecule has 1 aromatic carbocycles. The molecule has 0 unspecified atom stereocenters. The molecule has 0 aliphatic carbocycles. The predicted octanol–water partition coefficient (Wildman–Crippen LogP) is 4.21. The second-order valence-electron chi connectivity index (χ2n) is 4.95. The summed E-state index contributed by atoms with van der Waals surface area (Å²) >= 11 is 0. The first-order valence-corrected chi connectivity index (χ1v) is 7.04. The average molecular weight is 271 g/mol. The molecule has 0 aliphatic heterocycles. The van der Waals surface area contributed by atoms with Gasteiger partial charge in [-0.15, -0.1) is 0 Å². The van der Waals surface area contributed by atoms with Crippen molar-refractivity contribution in [3.63, 3.8) is 0 Å². The zero-order chi connectivity index (χ0) is 14.4. The third kappa shape index (κ3) is 3.95. The molecule has 1 aromatic heterocycles. The average Bonchev–Trinajstić information content (AvgIpc) is 2.46. The molecule has 0 saturated heterocycles. The first kappa shape index (κ1) is 14.3. The lowest BCUT2D eigenvalue weighted by atomic mass is 10.2. The first-order valence-electron chi connectivity index (χ1n) is 7.04. The van der Waals surface area contributed by atoms with Gasteiger partial charge in [0.05, 0.1) is 0 Å². The van der Waals surface area contributed by atoms with Crippen LogP contribution in [0.3, 0.4) is 0 Å². The van der Waals surface area contributed by atoms with Gasteiger partial charge in [-0.2, -0.15) is 4.98 Å². The summed E-state index contributed by atoms with van der Waals surface area (Å²) in [4.78, 5) is 8.97. The van der Waals surface area contributed by atoms with Gasteiger partial charge in [-0.3, -0.25) is 0 Å². The van der Waals surface area contributed by atoms with Gasteiger partial charge in [0.15, 0.2) is 0 Å². The van der Waals surface area contributed by atoms with Gasteiger partial charge in [0.25, 0.3) is 0 Å². The fourth-order valence-corrected chi connectivity index (χ4v) is 1.71. The van der Waals surface area contributed by atoms with Gasteiger partial charge in [0.1, 0.15) is 17.4 Å². The summed E-state index contributed by atoms with van der Waals surface area (Å²) in [5, 5.41) is 3.28. The van der Waals surface area contributed by atoms with Gasteiger partial charge in [-0.25, -0.2) is 4.98 Å². The zero-order valence-electron chi connectivity index (χ0n) is 12.3. The minimum Gasteiger partial charge on any atom is -0.439 e. The molecule has 4 nitrogen and oxygen atoms in total. The number of anilines is 1. The highest BCUT2D eigenvalue weighted by Crippen LogP contribution is 2.23. The van der Waals surface area contributed by atoms with Gasteiger partial charge in [-0.1, -0.05) is 39.0 Å². The van der Waals surface area contributed by atoms with Gasteiger partial charge in [0.2, 0.25) is 5.88 Å². The Balaban J connectivity index is 2.24. The molecule has 0 aliphatic rings. The van der Waals surface area contributed by atoms with Crippen LogP contribution in [0.1, 0.15) is 38.9 Å².